The van der Waals surface area contributed by atoms with Gasteiger partial charge in [-0.05, 0) is 73.9 Å². The highest BCUT2D eigenvalue weighted by Crippen LogP contribution is 2.28. The smallest absolute Gasteiger partial charge is 0.254 e. The third kappa shape index (κ3) is 7.13. The SMILES string of the molecule is CCC(C)N(CC(=O)N(CCc1ccc(OC)c(OC)c1)Cc1ccco1)C(=O)c1ccc(Br)cc1. The molecule has 0 aliphatic rings. The fraction of sp³-hybridized carbons (Fsp3) is 0.357. The molecule has 1 aromatic heterocycles. The third-order valence-electron chi connectivity index (χ3n) is 6.18. The molecule has 2 aromatic carbocycles. The zero-order valence-corrected chi connectivity index (χ0v) is 22.8. The number of ether oxygens (including phenoxy) is 2. The Morgan fingerprint density at radius 2 is 1.75 bits per heavy atom. The van der Waals surface area contributed by atoms with Crippen molar-refractivity contribution in [3.05, 3.63) is 82.2 Å². The highest BCUT2D eigenvalue weighted by molar-refractivity contribution is 9.10. The molecular weight excluding hydrogens is 524 g/mol. The van der Waals surface area contributed by atoms with Gasteiger partial charge in [-0.3, -0.25) is 9.59 Å². The Morgan fingerprint density at radius 1 is 1.03 bits per heavy atom. The maximum Gasteiger partial charge on any atom is 0.254 e. The van der Waals surface area contributed by atoms with Crippen molar-refractivity contribution in [2.24, 2.45) is 0 Å². The number of furan rings is 1. The molecule has 0 bridgehead atoms. The lowest BCUT2D eigenvalue weighted by molar-refractivity contribution is -0.133. The number of nitrogens with zero attached hydrogens (tertiary/aromatic N) is 2. The van der Waals surface area contributed by atoms with E-state index >= 15 is 0 Å². The molecule has 7 nitrogen and oxygen atoms in total. The monoisotopic (exact) mass is 556 g/mol. The van der Waals surface area contributed by atoms with Crippen LogP contribution in [0.1, 0.15) is 41.9 Å². The number of rotatable bonds is 12. The van der Waals surface area contributed by atoms with Crippen molar-refractivity contribution in [2.75, 3.05) is 27.3 Å². The van der Waals surface area contributed by atoms with Gasteiger partial charge in [0.25, 0.3) is 5.91 Å². The predicted molar refractivity (Wildman–Crippen MR) is 142 cm³/mol. The first kappa shape index (κ1) is 27.3. The number of hydrogen-bond acceptors (Lipinski definition) is 5. The fourth-order valence-electron chi connectivity index (χ4n) is 3.83. The topological polar surface area (TPSA) is 72.2 Å². The van der Waals surface area contributed by atoms with E-state index in [9.17, 15) is 9.59 Å². The second-order valence-electron chi connectivity index (χ2n) is 8.53. The summed E-state index contributed by atoms with van der Waals surface area (Å²) >= 11 is 3.41. The molecule has 2 amide bonds. The molecule has 192 valence electrons. The summed E-state index contributed by atoms with van der Waals surface area (Å²) in [6.45, 7) is 4.73. The largest absolute Gasteiger partial charge is 0.493 e. The van der Waals surface area contributed by atoms with E-state index in [4.69, 9.17) is 13.9 Å². The Bertz CT molecular complexity index is 1130. The summed E-state index contributed by atoms with van der Waals surface area (Å²) in [6.07, 6.45) is 2.94. The number of halogens is 1. The van der Waals surface area contributed by atoms with E-state index in [1.807, 2.05) is 50.2 Å². The maximum atomic E-state index is 13.6. The first-order valence-electron chi connectivity index (χ1n) is 11.9. The van der Waals surface area contributed by atoms with E-state index in [1.165, 1.54) is 0 Å². The Morgan fingerprint density at radius 3 is 2.36 bits per heavy atom. The predicted octanol–water partition coefficient (Wildman–Crippen LogP) is 5.57. The van der Waals surface area contributed by atoms with Crippen molar-refractivity contribution >= 4 is 27.7 Å². The molecule has 0 radical (unpaired) electrons. The number of carbonyl (C=O) groups is 2. The number of hydrogen-bond donors (Lipinski definition) is 0. The van der Waals surface area contributed by atoms with Crippen molar-refractivity contribution in [1.82, 2.24) is 9.80 Å². The van der Waals surface area contributed by atoms with Crippen LogP contribution in [-0.4, -0.2) is 55.0 Å². The number of benzene rings is 2. The zero-order valence-electron chi connectivity index (χ0n) is 21.2. The number of methoxy groups -OCH3 is 2. The molecule has 0 fully saturated rings. The number of carbonyl (C=O) groups excluding carboxylic acids is 2. The van der Waals surface area contributed by atoms with Crippen LogP contribution in [0.15, 0.2) is 69.8 Å². The number of amides is 2. The molecule has 1 unspecified atom stereocenters. The zero-order chi connectivity index (χ0) is 26.1. The second-order valence-corrected chi connectivity index (χ2v) is 9.45. The van der Waals surface area contributed by atoms with E-state index in [0.717, 1.165) is 16.5 Å². The van der Waals surface area contributed by atoms with Crippen LogP contribution < -0.4 is 9.47 Å². The molecule has 0 aliphatic heterocycles. The minimum atomic E-state index is -0.164. The first-order valence-corrected chi connectivity index (χ1v) is 12.7. The minimum Gasteiger partial charge on any atom is -0.493 e. The molecule has 3 aromatic rings. The van der Waals surface area contributed by atoms with Crippen molar-refractivity contribution in [3.8, 4) is 11.5 Å². The fourth-order valence-corrected chi connectivity index (χ4v) is 4.10. The molecule has 36 heavy (non-hydrogen) atoms. The normalized spacial score (nSPS) is 11.6. The summed E-state index contributed by atoms with van der Waals surface area (Å²) in [4.78, 5) is 30.3. The quantitative estimate of drug-likeness (QED) is 0.291. The van der Waals surface area contributed by atoms with Crippen molar-refractivity contribution in [2.45, 2.75) is 39.3 Å². The van der Waals surface area contributed by atoms with Crippen LogP contribution in [0.5, 0.6) is 11.5 Å². The summed E-state index contributed by atoms with van der Waals surface area (Å²) in [6, 6.07) is 16.5. The van der Waals surface area contributed by atoms with E-state index in [1.54, 1.807) is 48.5 Å². The van der Waals surface area contributed by atoms with Gasteiger partial charge in [0.15, 0.2) is 11.5 Å². The summed E-state index contributed by atoms with van der Waals surface area (Å²) in [5.41, 5.74) is 1.56. The third-order valence-corrected chi connectivity index (χ3v) is 6.71. The molecule has 0 spiro atoms. The van der Waals surface area contributed by atoms with Crippen LogP contribution in [-0.2, 0) is 17.8 Å². The average molecular weight is 557 g/mol. The summed E-state index contributed by atoms with van der Waals surface area (Å²) in [7, 11) is 3.19. The summed E-state index contributed by atoms with van der Waals surface area (Å²) < 4.78 is 17.2. The van der Waals surface area contributed by atoms with Gasteiger partial charge in [-0.15, -0.1) is 0 Å². The van der Waals surface area contributed by atoms with Crippen molar-refractivity contribution < 1.29 is 23.5 Å². The minimum absolute atomic E-state index is 0.0173. The first-order chi connectivity index (χ1) is 17.4. The Balaban J connectivity index is 1.79. The molecule has 1 atom stereocenters. The van der Waals surface area contributed by atoms with Gasteiger partial charge >= 0.3 is 0 Å². The van der Waals surface area contributed by atoms with Crippen LogP contribution in [0.3, 0.4) is 0 Å². The molecule has 1 heterocycles. The second kappa shape index (κ2) is 13.2. The van der Waals surface area contributed by atoms with E-state index < -0.39 is 0 Å². The van der Waals surface area contributed by atoms with E-state index in [-0.39, 0.29) is 24.4 Å². The maximum absolute atomic E-state index is 13.6. The molecule has 3 rings (SSSR count). The van der Waals surface area contributed by atoms with Crippen molar-refractivity contribution in [1.29, 1.82) is 0 Å². The van der Waals surface area contributed by atoms with Gasteiger partial charge in [0.1, 0.15) is 12.3 Å². The van der Waals surface area contributed by atoms with Gasteiger partial charge in [-0.1, -0.05) is 28.9 Å². The molecule has 0 N–H and O–H groups in total. The van der Waals surface area contributed by atoms with Crippen LogP contribution in [0.2, 0.25) is 0 Å². The van der Waals surface area contributed by atoms with Gasteiger partial charge < -0.3 is 23.7 Å². The van der Waals surface area contributed by atoms with Crippen molar-refractivity contribution in [3.63, 3.8) is 0 Å². The van der Waals surface area contributed by atoms with Crippen LogP contribution in [0, 0.1) is 0 Å². The standard InChI is InChI=1S/C28H33BrN2O5/c1-5-20(2)31(28(33)22-9-11-23(29)12-10-22)19-27(32)30(18-24-7-6-16-36-24)15-14-21-8-13-25(34-3)26(17-21)35-4/h6-13,16-17,20H,5,14-15,18-19H2,1-4H3. The summed E-state index contributed by atoms with van der Waals surface area (Å²) in [5, 5.41) is 0. The lowest BCUT2D eigenvalue weighted by Crippen LogP contribution is -2.46. The van der Waals surface area contributed by atoms with Gasteiger partial charge in [0, 0.05) is 22.6 Å². The van der Waals surface area contributed by atoms with E-state index in [0.29, 0.717) is 42.3 Å². The van der Waals surface area contributed by atoms with Crippen LogP contribution in [0.25, 0.3) is 0 Å². The molecule has 0 saturated carbocycles. The summed E-state index contributed by atoms with van der Waals surface area (Å²) in [5.74, 6) is 1.67. The Labute approximate surface area is 221 Å². The molecular formula is C28H33BrN2O5. The van der Waals surface area contributed by atoms with Gasteiger partial charge in [-0.2, -0.15) is 0 Å². The lowest BCUT2D eigenvalue weighted by atomic mass is 10.1. The highest BCUT2D eigenvalue weighted by Gasteiger charge is 2.26. The van der Waals surface area contributed by atoms with Gasteiger partial charge in [0.05, 0.1) is 27.0 Å². The molecule has 0 saturated heterocycles. The van der Waals surface area contributed by atoms with Gasteiger partial charge in [0.2, 0.25) is 5.91 Å². The average Bonchev–Trinajstić information content (AvgIpc) is 3.42. The Hall–Kier alpha value is -3.26. The van der Waals surface area contributed by atoms with Gasteiger partial charge in [-0.25, -0.2) is 0 Å². The Kier molecular flexibility index (Phi) is 9.99. The van der Waals surface area contributed by atoms with Crippen LogP contribution in [0.4, 0.5) is 0 Å². The molecule has 8 heteroatoms. The molecule has 0 aliphatic carbocycles. The van der Waals surface area contributed by atoms with E-state index in [2.05, 4.69) is 15.9 Å². The van der Waals surface area contributed by atoms with Crippen LogP contribution >= 0.6 is 15.9 Å². The lowest BCUT2D eigenvalue weighted by Gasteiger charge is -2.31. The highest BCUT2D eigenvalue weighted by atomic mass is 79.9.